The molecule has 3 heterocycles. The molecule has 0 saturated carbocycles. The second kappa shape index (κ2) is 6.61. The lowest BCUT2D eigenvalue weighted by Gasteiger charge is -2.31. The van der Waals surface area contributed by atoms with Crippen LogP contribution < -0.4 is 9.80 Å². The number of anilines is 2. The molecular formula is C21H26N6. The summed E-state index contributed by atoms with van der Waals surface area (Å²) in [6, 6.07) is 10.2. The Labute approximate surface area is 161 Å². The lowest BCUT2D eigenvalue weighted by atomic mass is 10.2. The van der Waals surface area contributed by atoms with Crippen LogP contribution in [0.1, 0.15) is 19.4 Å². The van der Waals surface area contributed by atoms with Crippen molar-refractivity contribution in [3.63, 3.8) is 0 Å². The third-order valence-corrected chi connectivity index (χ3v) is 5.52. The third kappa shape index (κ3) is 2.91. The van der Waals surface area contributed by atoms with Crippen LogP contribution in [-0.4, -0.2) is 46.2 Å². The predicted octanol–water partition coefficient (Wildman–Crippen LogP) is 3.59. The number of hydrogen-bond acceptors (Lipinski definition) is 6. The van der Waals surface area contributed by atoms with Gasteiger partial charge in [0.05, 0.1) is 0 Å². The molecule has 1 aromatic heterocycles. The summed E-state index contributed by atoms with van der Waals surface area (Å²) >= 11 is 0. The summed E-state index contributed by atoms with van der Waals surface area (Å²) in [7, 11) is 4.16. The van der Waals surface area contributed by atoms with Crippen LogP contribution >= 0.6 is 0 Å². The van der Waals surface area contributed by atoms with Gasteiger partial charge in [-0.1, -0.05) is 30.3 Å². The van der Waals surface area contributed by atoms with Crippen molar-refractivity contribution in [3.8, 4) is 11.4 Å². The number of hydrogen-bond donors (Lipinski definition) is 0. The van der Waals surface area contributed by atoms with Gasteiger partial charge < -0.3 is 19.6 Å². The zero-order valence-corrected chi connectivity index (χ0v) is 16.5. The summed E-state index contributed by atoms with van der Waals surface area (Å²) in [5.74, 6) is 2.64. The molecule has 0 unspecified atom stereocenters. The van der Waals surface area contributed by atoms with Gasteiger partial charge in [-0.15, -0.1) is 0 Å². The fraction of sp³-hybridized carbons (Fsp3) is 0.333. The van der Waals surface area contributed by atoms with Gasteiger partial charge in [-0.05, 0) is 20.8 Å². The van der Waals surface area contributed by atoms with E-state index >= 15 is 0 Å². The van der Waals surface area contributed by atoms with Crippen LogP contribution in [0, 0.1) is 6.92 Å². The van der Waals surface area contributed by atoms with Gasteiger partial charge in [-0.25, -0.2) is 9.97 Å². The quantitative estimate of drug-likeness (QED) is 0.831. The molecule has 0 amide bonds. The van der Waals surface area contributed by atoms with Crippen molar-refractivity contribution in [1.82, 2.24) is 19.8 Å². The second-order valence-electron chi connectivity index (χ2n) is 7.19. The lowest BCUT2D eigenvalue weighted by molar-refractivity contribution is 0.379. The number of nitrogens with zero attached hydrogens (tertiary/aromatic N) is 6. The standard InChI is InChI=1S/C21H26N6/c1-15-20(26-13-11-24(4)16(26)2)22-19(18-9-7-6-8-10-18)23-21(15)27-14-12-25(5)17(27)3/h6-14,16-17H,1-5H3/t16-,17+. The summed E-state index contributed by atoms with van der Waals surface area (Å²) in [4.78, 5) is 18.7. The van der Waals surface area contributed by atoms with Crippen LogP contribution in [0.5, 0.6) is 0 Å². The lowest BCUT2D eigenvalue weighted by Crippen LogP contribution is -2.36. The molecule has 27 heavy (non-hydrogen) atoms. The monoisotopic (exact) mass is 362 g/mol. The van der Waals surface area contributed by atoms with Crippen LogP contribution in [-0.2, 0) is 0 Å². The highest BCUT2D eigenvalue weighted by Gasteiger charge is 2.29. The molecule has 2 atom stereocenters. The molecule has 1 aromatic carbocycles. The van der Waals surface area contributed by atoms with E-state index in [0.29, 0.717) is 0 Å². The van der Waals surface area contributed by atoms with Gasteiger partial charge in [0, 0.05) is 50.0 Å². The highest BCUT2D eigenvalue weighted by atomic mass is 15.4. The Morgan fingerprint density at radius 1 is 0.741 bits per heavy atom. The van der Waals surface area contributed by atoms with Crippen LogP contribution in [0.4, 0.5) is 11.6 Å². The summed E-state index contributed by atoms with van der Waals surface area (Å²) in [5, 5.41) is 0. The molecule has 2 aliphatic rings. The fourth-order valence-corrected chi connectivity index (χ4v) is 3.45. The second-order valence-corrected chi connectivity index (χ2v) is 7.19. The van der Waals surface area contributed by atoms with Crippen LogP contribution in [0.25, 0.3) is 11.4 Å². The van der Waals surface area contributed by atoms with Gasteiger partial charge in [-0.3, -0.25) is 0 Å². The minimum Gasteiger partial charge on any atom is -0.359 e. The summed E-state index contributed by atoms with van der Waals surface area (Å²) in [5.41, 5.74) is 2.10. The molecule has 140 valence electrons. The highest BCUT2D eigenvalue weighted by molar-refractivity contribution is 5.69. The molecule has 0 radical (unpaired) electrons. The number of benzene rings is 1. The molecule has 0 bridgehead atoms. The van der Waals surface area contributed by atoms with E-state index in [1.165, 1.54) is 0 Å². The first-order chi connectivity index (χ1) is 13.0. The van der Waals surface area contributed by atoms with Crippen molar-refractivity contribution in [2.24, 2.45) is 0 Å². The first-order valence-electron chi connectivity index (χ1n) is 9.28. The zero-order chi connectivity index (χ0) is 19.1. The fourth-order valence-electron chi connectivity index (χ4n) is 3.45. The van der Waals surface area contributed by atoms with E-state index in [0.717, 1.165) is 28.6 Å². The minimum absolute atomic E-state index is 0.212. The summed E-state index contributed by atoms with van der Waals surface area (Å²) < 4.78 is 0. The van der Waals surface area contributed by atoms with Gasteiger partial charge >= 0.3 is 0 Å². The van der Waals surface area contributed by atoms with Crippen LogP contribution in [0.2, 0.25) is 0 Å². The van der Waals surface area contributed by atoms with Crippen molar-refractivity contribution < 1.29 is 0 Å². The SMILES string of the molecule is Cc1c(N2C=CN(C)[C@H]2C)nc(-c2ccccc2)nc1N1C=CN(C)[C@@H]1C. The smallest absolute Gasteiger partial charge is 0.163 e. The molecule has 0 aliphatic carbocycles. The van der Waals surface area contributed by atoms with Crippen molar-refractivity contribution in [2.45, 2.75) is 33.1 Å². The molecule has 0 saturated heterocycles. The molecule has 0 spiro atoms. The Morgan fingerprint density at radius 3 is 1.63 bits per heavy atom. The maximum absolute atomic E-state index is 4.96. The van der Waals surface area contributed by atoms with E-state index in [1.54, 1.807) is 0 Å². The van der Waals surface area contributed by atoms with E-state index in [-0.39, 0.29) is 12.3 Å². The van der Waals surface area contributed by atoms with Crippen LogP contribution in [0.15, 0.2) is 55.1 Å². The van der Waals surface area contributed by atoms with E-state index < -0.39 is 0 Å². The number of aromatic nitrogens is 2. The topological polar surface area (TPSA) is 38.7 Å². The van der Waals surface area contributed by atoms with Gasteiger partial charge in [-0.2, -0.15) is 0 Å². The van der Waals surface area contributed by atoms with E-state index in [4.69, 9.17) is 9.97 Å². The molecule has 4 rings (SSSR count). The van der Waals surface area contributed by atoms with Gasteiger partial charge in [0.2, 0.25) is 0 Å². The Kier molecular flexibility index (Phi) is 4.26. The maximum Gasteiger partial charge on any atom is 0.163 e. The molecule has 0 N–H and O–H groups in total. The maximum atomic E-state index is 4.96. The van der Waals surface area contributed by atoms with Crippen molar-refractivity contribution in [3.05, 3.63) is 60.7 Å². The number of rotatable bonds is 3. The Hall–Kier alpha value is -3.02. The molecule has 2 aromatic rings. The first-order valence-corrected chi connectivity index (χ1v) is 9.28. The average Bonchev–Trinajstić information content (AvgIpc) is 3.19. The summed E-state index contributed by atoms with van der Waals surface area (Å²) in [6.45, 7) is 6.46. The normalized spacial score (nSPS) is 21.7. The van der Waals surface area contributed by atoms with Crippen molar-refractivity contribution in [2.75, 3.05) is 23.9 Å². The van der Waals surface area contributed by atoms with E-state index in [9.17, 15) is 0 Å². The van der Waals surface area contributed by atoms with Crippen LogP contribution in [0.3, 0.4) is 0 Å². The Morgan fingerprint density at radius 2 is 1.22 bits per heavy atom. The minimum atomic E-state index is 0.212. The Balaban J connectivity index is 1.87. The van der Waals surface area contributed by atoms with E-state index in [1.807, 2.05) is 18.2 Å². The molecular weight excluding hydrogens is 336 g/mol. The molecule has 0 fully saturated rings. The average molecular weight is 362 g/mol. The molecule has 6 heteroatoms. The summed E-state index contributed by atoms with van der Waals surface area (Å²) in [6.07, 6.45) is 8.77. The zero-order valence-electron chi connectivity index (χ0n) is 16.5. The van der Waals surface area contributed by atoms with Gasteiger partial charge in [0.15, 0.2) is 5.82 Å². The van der Waals surface area contributed by atoms with Gasteiger partial charge in [0.25, 0.3) is 0 Å². The predicted molar refractivity (Wildman–Crippen MR) is 110 cm³/mol. The molecule has 6 nitrogen and oxygen atoms in total. The van der Waals surface area contributed by atoms with Crippen molar-refractivity contribution >= 4 is 11.6 Å². The first kappa shape index (κ1) is 17.4. The Bertz CT molecular complexity index is 840. The largest absolute Gasteiger partial charge is 0.359 e. The van der Waals surface area contributed by atoms with Crippen molar-refractivity contribution in [1.29, 1.82) is 0 Å². The molecule has 2 aliphatic heterocycles. The van der Waals surface area contributed by atoms with Gasteiger partial charge in [0.1, 0.15) is 24.0 Å². The highest BCUT2D eigenvalue weighted by Crippen LogP contribution is 2.35. The third-order valence-electron chi connectivity index (χ3n) is 5.52. The van der Waals surface area contributed by atoms with E-state index in [2.05, 4.69) is 91.4 Å².